The van der Waals surface area contributed by atoms with Gasteiger partial charge in [0.15, 0.2) is 0 Å². The summed E-state index contributed by atoms with van der Waals surface area (Å²) in [6.45, 7) is 5.99. The van der Waals surface area contributed by atoms with Crippen LogP contribution in [0.3, 0.4) is 0 Å². The SMILES string of the molecule is Cl.O=S1(=O)CCC(c2ncnc3[nH]c(-c4ccc(CCN5CCC6(CCNC6)CC5)cc4)cc23)CC1. The smallest absolute Gasteiger partial charge is 0.150 e. The average molecular weight is 530 g/mol. The highest BCUT2D eigenvalue weighted by Gasteiger charge is 2.36. The zero-order valence-electron chi connectivity index (χ0n) is 20.7. The van der Waals surface area contributed by atoms with Crippen LogP contribution in [0.25, 0.3) is 22.3 Å². The molecule has 7 nitrogen and oxygen atoms in total. The number of hydrogen-bond acceptors (Lipinski definition) is 6. The molecule has 3 aliphatic heterocycles. The van der Waals surface area contributed by atoms with Crippen LogP contribution in [-0.4, -0.2) is 72.5 Å². The predicted molar refractivity (Wildman–Crippen MR) is 146 cm³/mol. The highest BCUT2D eigenvalue weighted by atomic mass is 35.5. The van der Waals surface area contributed by atoms with Gasteiger partial charge in [-0.05, 0) is 80.8 Å². The monoisotopic (exact) mass is 529 g/mol. The zero-order chi connectivity index (χ0) is 23.9. The molecule has 0 aliphatic carbocycles. The molecule has 3 fully saturated rings. The van der Waals surface area contributed by atoms with E-state index in [-0.39, 0.29) is 29.8 Å². The van der Waals surface area contributed by atoms with Crippen LogP contribution in [0, 0.1) is 5.41 Å². The van der Waals surface area contributed by atoms with Gasteiger partial charge >= 0.3 is 0 Å². The second-order valence-electron chi connectivity index (χ2n) is 10.8. The average Bonchev–Trinajstić information content (AvgIpc) is 3.52. The summed E-state index contributed by atoms with van der Waals surface area (Å²) in [5.74, 6) is 0.666. The summed E-state index contributed by atoms with van der Waals surface area (Å²) in [7, 11) is -2.89. The molecule has 0 atom stereocenters. The fourth-order valence-electron chi connectivity index (χ4n) is 6.21. The summed E-state index contributed by atoms with van der Waals surface area (Å²) in [5.41, 5.74) is 5.91. The van der Waals surface area contributed by atoms with Crippen molar-refractivity contribution in [2.24, 2.45) is 5.41 Å². The molecule has 0 bridgehead atoms. The molecule has 0 saturated carbocycles. The molecule has 5 heterocycles. The highest BCUT2D eigenvalue weighted by Crippen LogP contribution is 2.37. The summed E-state index contributed by atoms with van der Waals surface area (Å²) in [6, 6.07) is 11.0. The maximum Gasteiger partial charge on any atom is 0.150 e. The molecule has 36 heavy (non-hydrogen) atoms. The van der Waals surface area contributed by atoms with Crippen molar-refractivity contribution in [2.45, 2.75) is 44.4 Å². The lowest BCUT2D eigenvalue weighted by atomic mass is 9.78. The minimum Gasteiger partial charge on any atom is -0.339 e. The first kappa shape index (κ1) is 25.6. The van der Waals surface area contributed by atoms with Crippen molar-refractivity contribution < 1.29 is 8.42 Å². The van der Waals surface area contributed by atoms with Crippen LogP contribution < -0.4 is 5.32 Å². The third-order valence-electron chi connectivity index (χ3n) is 8.63. The van der Waals surface area contributed by atoms with Gasteiger partial charge < -0.3 is 15.2 Å². The number of nitrogens with zero attached hydrogens (tertiary/aromatic N) is 3. The van der Waals surface area contributed by atoms with Crippen LogP contribution in [-0.2, 0) is 16.3 Å². The number of likely N-dealkylation sites (tertiary alicyclic amines) is 1. The van der Waals surface area contributed by atoms with E-state index < -0.39 is 9.84 Å². The van der Waals surface area contributed by atoms with Gasteiger partial charge in [0.25, 0.3) is 0 Å². The number of hydrogen-bond donors (Lipinski definition) is 2. The van der Waals surface area contributed by atoms with E-state index in [4.69, 9.17) is 0 Å². The van der Waals surface area contributed by atoms with Crippen LogP contribution in [0.4, 0.5) is 0 Å². The van der Waals surface area contributed by atoms with E-state index in [2.05, 4.69) is 55.5 Å². The molecular formula is C27H36ClN5O2S. The van der Waals surface area contributed by atoms with Crippen LogP contribution in [0.1, 0.15) is 49.3 Å². The molecule has 0 amide bonds. The topological polar surface area (TPSA) is 91.0 Å². The first-order valence-electron chi connectivity index (χ1n) is 13.1. The summed E-state index contributed by atoms with van der Waals surface area (Å²) < 4.78 is 23.7. The lowest BCUT2D eigenvalue weighted by molar-refractivity contribution is 0.120. The fraction of sp³-hybridized carbons (Fsp3) is 0.556. The van der Waals surface area contributed by atoms with Gasteiger partial charge in [-0.3, -0.25) is 0 Å². The molecule has 9 heteroatoms. The Morgan fingerprint density at radius 3 is 2.47 bits per heavy atom. The van der Waals surface area contributed by atoms with Crippen LogP contribution in [0.15, 0.2) is 36.7 Å². The number of nitrogens with one attached hydrogen (secondary N) is 2. The second kappa shape index (κ2) is 10.4. The van der Waals surface area contributed by atoms with Gasteiger partial charge in [0, 0.05) is 30.1 Å². The van der Waals surface area contributed by atoms with Crippen molar-refractivity contribution in [3.05, 3.63) is 47.9 Å². The van der Waals surface area contributed by atoms with E-state index in [1.54, 1.807) is 6.33 Å². The van der Waals surface area contributed by atoms with E-state index in [0.717, 1.165) is 41.0 Å². The third-order valence-corrected chi connectivity index (χ3v) is 10.3. The van der Waals surface area contributed by atoms with Gasteiger partial charge in [0.1, 0.15) is 21.8 Å². The predicted octanol–water partition coefficient (Wildman–Crippen LogP) is 3.96. The number of halogens is 1. The molecule has 2 N–H and O–H groups in total. The molecular weight excluding hydrogens is 494 g/mol. The Hall–Kier alpha value is -2.00. The first-order chi connectivity index (χ1) is 17.0. The number of piperidine rings is 1. The van der Waals surface area contributed by atoms with Gasteiger partial charge in [-0.15, -0.1) is 12.4 Å². The van der Waals surface area contributed by atoms with Gasteiger partial charge in [0.05, 0.1) is 17.2 Å². The fourth-order valence-corrected chi connectivity index (χ4v) is 7.71. The number of aromatic nitrogens is 3. The molecule has 3 aromatic rings. The Morgan fingerprint density at radius 2 is 1.78 bits per heavy atom. The first-order valence-corrected chi connectivity index (χ1v) is 14.9. The zero-order valence-corrected chi connectivity index (χ0v) is 22.3. The normalized spacial score (nSPS) is 22.1. The van der Waals surface area contributed by atoms with E-state index in [1.807, 2.05) is 0 Å². The molecule has 6 rings (SSSR count). The van der Waals surface area contributed by atoms with Crippen LogP contribution in [0.5, 0.6) is 0 Å². The van der Waals surface area contributed by atoms with E-state index in [1.165, 1.54) is 51.0 Å². The van der Waals surface area contributed by atoms with Crippen molar-refractivity contribution in [3.8, 4) is 11.3 Å². The van der Waals surface area contributed by atoms with E-state index in [0.29, 0.717) is 18.3 Å². The number of fused-ring (bicyclic) bond motifs is 1. The second-order valence-corrected chi connectivity index (χ2v) is 13.1. The standard InChI is InChI=1S/C27H35N5O2S.ClH/c33-35(34)15-6-22(7-16-35)25-23-17-24(31-26(23)30-19-29-25)21-3-1-20(2-4-21)5-12-32-13-9-27(10-14-32)8-11-28-18-27;/h1-4,17,19,22,28H,5-16,18H2,(H,29,30,31);1H. The number of aromatic amines is 1. The third kappa shape index (κ3) is 5.32. The molecule has 0 unspecified atom stereocenters. The Morgan fingerprint density at radius 1 is 1.03 bits per heavy atom. The van der Waals surface area contributed by atoms with Crippen molar-refractivity contribution in [2.75, 3.05) is 44.2 Å². The Kier molecular flexibility index (Phi) is 7.41. The van der Waals surface area contributed by atoms with Crippen LogP contribution in [0.2, 0.25) is 0 Å². The molecule has 3 aliphatic rings. The summed E-state index contributed by atoms with van der Waals surface area (Å²) in [4.78, 5) is 15.1. The lowest BCUT2D eigenvalue weighted by Gasteiger charge is -2.38. The molecule has 194 valence electrons. The van der Waals surface area contributed by atoms with E-state index >= 15 is 0 Å². The van der Waals surface area contributed by atoms with Gasteiger partial charge in [0.2, 0.25) is 0 Å². The number of benzene rings is 1. The lowest BCUT2D eigenvalue weighted by Crippen LogP contribution is -2.41. The summed E-state index contributed by atoms with van der Waals surface area (Å²) in [5, 5.41) is 4.57. The molecule has 2 aromatic heterocycles. The largest absolute Gasteiger partial charge is 0.339 e. The van der Waals surface area contributed by atoms with Crippen LogP contribution >= 0.6 is 12.4 Å². The Labute approximate surface area is 219 Å². The summed E-state index contributed by atoms with van der Waals surface area (Å²) >= 11 is 0. The Bertz CT molecular complexity index is 1280. The minimum absolute atomic E-state index is 0. The quantitative estimate of drug-likeness (QED) is 0.520. The molecule has 1 aromatic carbocycles. The maximum absolute atomic E-state index is 11.9. The van der Waals surface area contributed by atoms with Crippen molar-refractivity contribution >= 4 is 33.3 Å². The highest BCUT2D eigenvalue weighted by molar-refractivity contribution is 7.91. The minimum atomic E-state index is -2.89. The molecule has 0 radical (unpaired) electrons. The van der Waals surface area contributed by atoms with E-state index in [9.17, 15) is 8.42 Å². The van der Waals surface area contributed by atoms with Gasteiger partial charge in [-0.25, -0.2) is 18.4 Å². The Balaban J connectivity index is 0.00000267. The van der Waals surface area contributed by atoms with Gasteiger partial charge in [-0.2, -0.15) is 0 Å². The van der Waals surface area contributed by atoms with Crippen molar-refractivity contribution in [1.29, 1.82) is 0 Å². The molecule has 1 spiro atoms. The summed E-state index contributed by atoms with van der Waals surface area (Å²) in [6.07, 6.45) is 7.97. The van der Waals surface area contributed by atoms with Gasteiger partial charge in [-0.1, -0.05) is 24.3 Å². The maximum atomic E-state index is 11.9. The number of rotatable bonds is 5. The van der Waals surface area contributed by atoms with Crippen molar-refractivity contribution in [3.63, 3.8) is 0 Å². The number of sulfone groups is 1. The molecule has 3 saturated heterocycles. The number of H-pyrrole nitrogens is 1. The van der Waals surface area contributed by atoms with Crippen molar-refractivity contribution in [1.82, 2.24) is 25.2 Å².